The molecule has 6 heteroatoms. The highest BCUT2D eigenvalue weighted by Crippen LogP contribution is 2.34. The summed E-state index contributed by atoms with van der Waals surface area (Å²) in [5, 5.41) is 10.8. The lowest BCUT2D eigenvalue weighted by molar-refractivity contribution is -0.403. The molecule has 0 N–H and O–H groups in total. The minimum Gasteiger partial charge on any atom is -0.497 e. The van der Waals surface area contributed by atoms with Crippen molar-refractivity contribution in [1.82, 2.24) is 0 Å². The Labute approximate surface area is 144 Å². The SMILES string of the molecule is COc1ccc(N2C(=O)/C(=C\[N+](=O)[O-])C2/C=C/c2ccccc2)cc1. The van der Waals surface area contributed by atoms with Crippen LogP contribution in [0.15, 0.2) is 72.4 Å². The topological polar surface area (TPSA) is 72.7 Å². The zero-order chi connectivity index (χ0) is 17.8. The molecule has 2 aromatic carbocycles. The molecule has 2 aromatic rings. The molecular weight excluding hydrogens is 320 g/mol. The minimum absolute atomic E-state index is 0.160. The standard InChI is InChI=1S/C19H16N2O4/c1-25-16-10-8-15(9-11-16)21-18(17(19(21)22)13-20(23)24)12-7-14-5-3-2-4-6-14/h2-13,18H,1H3/b12-7+,17-13-. The monoisotopic (exact) mass is 336 g/mol. The second-order valence-corrected chi connectivity index (χ2v) is 5.46. The maximum atomic E-state index is 12.4. The summed E-state index contributed by atoms with van der Waals surface area (Å²) < 4.78 is 5.12. The molecule has 0 aromatic heterocycles. The lowest BCUT2D eigenvalue weighted by atomic mass is 9.93. The van der Waals surface area contributed by atoms with Gasteiger partial charge in [0, 0.05) is 5.69 Å². The van der Waals surface area contributed by atoms with Crippen LogP contribution >= 0.6 is 0 Å². The summed E-state index contributed by atoms with van der Waals surface area (Å²) in [4.78, 5) is 24.1. The van der Waals surface area contributed by atoms with Crippen LogP contribution in [0.1, 0.15) is 5.56 Å². The molecule has 1 saturated heterocycles. The van der Waals surface area contributed by atoms with E-state index >= 15 is 0 Å². The smallest absolute Gasteiger partial charge is 0.263 e. The van der Waals surface area contributed by atoms with Crippen molar-refractivity contribution < 1.29 is 14.5 Å². The van der Waals surface area contributed by atoms with Gasteiger partial charge in [-0.15, -0.1) is 0 Å². The minimum atomic E-state index is -0.595. The first-order valence-corrected chi connectivity index (χ1v) is 7.66. The molecule has 6 nitrogen and oxygen atoms in total. The summed E-state index contributed by atoms with van der Waals surface area (Å²) in [6.45, 7) is 0. The number of hydrogen-bond acceptors (Lipinski definition) is 4. The number of ether oxygens (including phenoxy) is 1. The van der Waals surface area contributed by atoms with Crippen molar-refractivity contribution in [2.75, 3.05) is 12.0 Å². The Morgan fingerprint density at radius 3 is 2.40 bits per heavy atom. The average Bonchev–Trinajstić information content (AvgIpc) is 2.64. The van der Waals surface area contributed by atoms with E-state index in [1.807, 2.05) is 36.4 Å². The van der Waals surface area contributed by atoms with Crippen LogP contribution in [0.25, 0.3) is 6.08 Å². The van der Waals surface area contributed by atoms with E-state index in [2.05, 4.69) is 0 Å². The summed E-state index contributed by atoms with van der Waals surface area (Å²) in [7, 11) is 1.56. The van der Waals surface area contributed by atoms with Gasteiger partial charge in [-0.05, 0) is 29.8 Å². The lowest BCUT2D eigenvalue weighted by Gasteiger charge is -2.39. The first-order chi connectivity index (χ1) is 12.1. The average molecular weight is 336 g/mol. The van der Waals surface area contributed by atoms with Crippen molar-refractivity contribution in [3.63, 3.8) is 0 Å². The first-order valence-electron chi connectivity index (χ1n) is 7.66. The van der Waals surface area contributed by atoms with Gasteiger partial charge in [0.25, 0.3) is 5.91 Å². The number of nitrogens with zero attached hydrogens (tertiary/aromatic N) is 2. The highest BCUT2D eigenvalue weighted by molar-refractivity contribution is 6.16. The molecule has 0 aliphatic carbocycles. The number of rotatable bonds is 5. The number of methoxy groups -OCH3 is 1. The van der Waals surface area contributed by atoms with E-state index in [1.54, 1.807) is 37.5 Å². The number of hydrogen-bond donors (Lipinski definition) is 0. The van der Waals surface area contributed by atoms with E-state index in [4.69, 9.17) is 4.74 Å². The summed E-state index contributed by atoms with van der Waals surface area (Å²) >= 11 is 0. The second-order valence-electron chi connectivity index (χ2n) is 5.46. The Hall–Kier alpha value is -3.41. The number of anilines is 1. The second kappa shape index (κ2) is 7.00. The Morgan fingerprint density at radius 2 is 1.80 bits per heavy atom. The van der Waals surface area contributed by atoms with Gasteiger partial charge >= 0.3 is 0 Å². The van der Waals surface area contributed by atoms with Gasteiger partial charge in [-0.25, -0.2) is 0 Å². The molecule has 25 heavy (non-hydrogen) atoms. The molecule has 1 aliphatic rings. The van der Waals surface area contributed by atoms with Gasteiger partial charge in [-0.3, -0.25) is 19.8 Å². The third-order valence-electron chi connectivity index (χ3n) is 3.93. The van der Waals surface area contributed by atoms with Gasteiger partial charge in [0.15, 0.2) is 0 Å². The van der Waals surface area contributed by atoms with Crippen LogP contribution in [0.3, 0.4) is 0 Å². The number of carbonyl (C=O) groups excluding carboxylic acids is 1. The first kappa shape index (κ1) is 16.4. The van der Waals surface area contributed by atoms with Crippen molar-refractivity contribution in [3.05, 3.63) is 88.1 Å². The van der Waals surface area contributed by atoms with Gasteiger partial charge in [-0.2, -0.15) is 0 Å². The molecule has 0 bridgehead atoms. The van der Waals surface area contributed by atoms with Gasteiger partial charge < -0.3 is 4.74 Å². The molecule has 0 spiro atoms. The third kappa shape index (κ3) is 3.42. The van der Waals surface area contributed by atoms with Gasteiger partial charge in [0.1, 0.15) is 11.3 Å². The van der Waals surface area contributed by atoms with Crippen LogP contribution in [0.5, 0.6) is 5.75 Å². The fourth-order valence-electron chi connectivity index (χ4n) is 2.69. The molecule has 1 fully saturated rings. The Balaban J connectivity index is 1.91. The van der Waals surface area contributed by atoms with Crippen LogP contribution in [0.2, 0.25) is 0 Å². The number of carbonyl (C=O) groups is 1. The van der Waals surface area contributed by atoms with Crippen LogP contribution in [0, 0.1) is 10.1 Å². The Morgan fingerprint density at radius 1 is 1.12 bits per heavy atom. The van der Waals surface area contributed by atoms with E-state index < -0.39 is 11.0 Å². The van der Waals surface area contributed by atoms with Crippen LogP contribution < -0.4 is 9.64 Å². The normalized spacial score (nSPS) is 18.4. The summed E-state index contributed by atoms with van der Waals surface area (Å²) in [6, 6.07) is 16.1. The number of β-lactam (4-membered cyclic amide) rings is 1. The number of benzene rings is 2. The van der Waals surface area contributed by atoms with E-state index in [-0.39, 0.29) is 11.5 Å². The molecule has 3 rings (SSSR count). The van der Waals surface area contributed by atoms with Gasteiger partial charge in [0.2, 0.25) is 6.20 Å². The molecule has 1 unspecified atom stereocenters. The molecule has 0 saturated carbocycles. The Bertz CT molecular complexity index is 841. The maximum absolute atomic E-state index is 12.4. The molecule has 1 heterocycles. The molecule has 0 radical (unpaired) electrons. The molecule has 1 amide bonds. The van der Waals surface area contributed by atoms with E-state index in [0.717, 1.165) is 11.8 Å². The van der Waals surface area contributed by atoms with Crippen molar-refractivity contribution in [2.24, 2.45) is 0 Å². The number of amides is 1. The van der Waals surface area contributed by atoms with Crippen molar-refractivity contribution in [3.8, 4) is 5.75 Å². The third-order valence-corrected chi connectivity index (χ3v) is 3.93. The highest BCUT2D eigenvalue weighted by Gasteiger charge is 2.43. The maximum Gasteiger partial charge on any atom is 0.263 e. The van der Waals surface area contributed by atoms with Crippen LogP contribution in [0.4, 0.5) is 5.69 Å². The molecule has 1 aliphatic heterocycles. The van der Waals surface area contributed by atoms with Crippen LogP contribution in [-0.2, 0) is 4.79 Å². The van der Waals surface area contributed by atoms with Gasteiger partial charge in [0.05, 0.1) is 18.1 Å². The molecule has 1 atom stereocenters. The van der Waals surface area contributed by atoms with E-state index in [1.165, 1.54) is 4.90 Å². The fourth-order valence-corrected chi connectivity index (χ4v) is 2.69. The quantitative estimate of drug-likeness (QED) is 0.363. The van der Waals surface area contributed by atoms with Crippen LogP contribution in [-0.4, -0.2) is 24.0 Å². The number of nitro groups is 1. The summed E-state index contributed by atoms with van der Waals surface area (Å²) in [5.41, 5.74) is 1.78. The fraction of sp³-hybridized carbons (Fsp3) is 0.105. The van der Waals surface area contributed by atoms with Crippen molar-refractivity contribution >= 4 is 17.7 Å². The lowest BCUT2D eigenvalue weighted by Crippen LogP contribution is -2.54. The molecule has 126 valence electrons. The zero-order valence-corrected chi connectivity index (χ0v) is 13.5. The van der Waals surface area contributed by atoms with Crippen molar-refractivity contribution in [1.29, 1.82) is 0 Å². The predicted molar refractivity (Wildman–Crippen MR) is 94.8 cm³/mol. The highest BCUT2D eigenvalue weighted by atomic mass is 16.6. The molecular formula is C19H16N2O4. The van der Waals surface area contributed by atoms with Gasteiger partial charge in [-0.1, -0.05) is 42.5 Å². The summed E-state index contributed by atoms with van der Waals surface area (Å²) in [5.74, 6) is 0.304. The Kier molecular flexibility index (Phi) is 4.61. The van der Waals surface area contributed by atoms with Crippen molar-refractivity contribution in [2.45, 2.75) is 6.04 Å². The largest absolute Gasteiger partial charge is 0.497 e. The van der Waals surface area contributed by atoms with E-state index in [0.29, 0.717) is 11.4 Å². The zero-order valence-electron chi connectivity index (χ0n) is 13.5. The summed E-state index contributed by atoms with van der Waals surface area (Å²) in [6.07, 6.45) is 4.42. The predicted octanol–water partition coefficient (Wildman–Crippen LogP) is 3.28. The van der Waals surface area contributed by atoms with E-state index in [9.17, 15) is 14.9 Å².